The third-order valence-electron chi connectivity index (χ3n) is 3.25. The van der Waals surface area contributed by atoms with Crippen molar-refractivity contribution in [3.8, 4) is 11.5 Å². The number of nitrogens with zero attached hydrogens (tertiary/aromatic N) is 1. The van der Waals surface area contributed by atoms with Gasteiger partial charge in [0.1, 0.15) is 0 Å². The van der Waals surface area contributed by atoms with Gasteiger partial charge in [0, 0.05) is 18.3 Å². The third-order valence-corrected chi connectivity index (χ3v) is 3.25. The molecule has 0 amide bonds. The highest BCUT2D eigenvalue weighted by Crippen LogP contribution is 2.28. The maximum Gasteiger partial charge on any atom is 0.161 e. The molecule has 118 valence electrons. The van der Waals surface area contributed by atoms with Crippen LogP contribution in [0.4, 0.5) is 5.69 Å². The number of hydrogen-bond donors (Lipinski definition) is 2. The first kappa shape index (κ1) is 16.1. The second kappa shape index (κ2) is 8.24. The van der Waals surface area contributed by atoms with Crippen molar-refractivity contribution in [1.82, 2.24) is 4.98 Å². The van der Waals surface area contributed by atoms with E-state index in [0.717, 1.165) is 34.7 Å². The van der Waals surface area contributed by atoms with E-state index in [2.05, 4.69) is 17.2 Å². The number of ether oxygens (including phenoxy) is 2. The van der Waals surface area contributed by atoms with Gasteiger partial charge in [0.25, 0.3) is 0 Å². The number of anilines is 1. The molecule has 1 heterocycles. The summed E-state index contributed by atoms with van der Waals surface area (Å²) in [6.07, 6.45) is 4.32. The summed E-state index contributed by atoms with van der Waals surface area (Å²) in [5.74, 6) is 1.48. The predicted octanol–water partition coefficient (Wildman–Crippen LogP) is 2.98. The van der Waals surface area contributed by atoms with E-state index < -0.39 is 0 Å². The van der Waals surface area contributed by atoms with Crippen LogP contribution < -0.4 is 14.8 Å². The molecule has 0 aliphatic rings. The van der Waals surface area contributed by atoms with Gasteiger partial charge in [-0.05, 0) is 30.2 Å². The second-order valence-corrected chi connectivity index (χ2v) is 4.88. The SMILES string of the molecule is CCCOc1cc(CNc2cnccc2CO)ccc1OC. The van der Waals surface area contributed by atoms with Crippen LogP contribution in [0.2, 0.25) is 0 Å². The first-order valence-corrected chi connectivity index (χ1v) is 7.35. The fraction of sp³-hybridized carbons (Fsp3) is 0.353. The second-order valence-electron chi connectivity index (χ2n) is 4.88. The van der Waals surface area contributed by atoms with E-state index in [-0.39, 0.29) is 6.61 Å². The smallest absolute Gasteiger partial charge is 0.161 e. The fourth-order valence-corrected chi connectivity index (χ4v) is 2.07. The van der Waals surface area contributed by atoms with Crippen LogP contribution in [0.3, 0.4) is 0 Å². The quantitative estimate of drug-likeness (QED) is 0.785. The van der Waals surface area contributed by atoms with E-state index in [1.54, 1.807) is 25.6 Å². The summed E-state index contributed by atoms with van der Waals surface area (Å²) < 4.78 is 11.0. The fourth-order valence-electron chi connectivity index (χ4n) is 2.07. The van der Waals surface area contributed by atoms with E-state index >= 15 is 0 Å². The van der Waals surface area contributed by atoms with Crippen molar-refractivity contribution in [3.63, 3.8) is 0 Å². The number of aliphatic hydroxyl groups excluding tert-OH is 1. The molecule has 1 aromatic heterocycles. The minimum absolute atomic E-state index is 0.0155. The minimum Gasteiger partial charge on any atom is -0.493 e. The molecule has 5 heteroatoms. The molecule has 2 aromatic rings. The Morgan fingerprint density at radius 1 is 1.23 bits per heavy atom. The van der Waals surface area contributed by atoms with Gasteiger partial charge < -0.3 is 19.9 Å². The molecule has 0 unspecified atom stereocenters. The van der Waals surface area contributed by atoms with Gasteiger partial charge in [-0.15, -0.1) is 0 Å². The average molecular weight is 302 g/mol. The average Bonchev–Trinajstić information content (AvgIpc) is 2.58. The van der Waals surface area contributed by atoms with E-state index in [1.165, 1.54) is 0 Å². The third kappa shape index (κ3) is 4.11. The van der Waals surface area contributed by atoms with Gasteiger partial charge in [-0.3, -0.25) is 4.98 Å². The van der Waals surface area contributed by atoms with Crippen molar-refractivity contribution in [1.29, 1.82) is 0 Å². The van der Waals surface area contributed by atoms with Crippen molar-refractivity contribution >= 4 is 5.69 Å². The maximum atomic E-state index is 9.32. The molecule has 0 spiro atoms. The Balaban J connectivity index is 2.09. The summed E-state index contributed by atoms with van der Waals surface area (Å²) in [6.45, 7) is 3.32. The highest BCUT2D eigenvalue weighted by Gasteiger charge is 2.06. The minimum atomic E-state index is -0.0155. The summed E-state index contributed by atoms with van der Waals surface area (Å²) >= 11 is 0. The monoisotopic (exact) mass is 302 g/mol. The maximum absolute atomic E-state index is 9.32. The lowest BCUT2D eigenvalue weighted by Gasteiger charge is -2.13. The van der Waals surface area contributed by atoms with Gasteiger partial charge in [0.05, 0.1) is 32.2 Å². The first-order valence-electron chi connectivity index (χ1n) is 7.35. The number of aromatic nitrogens is 1. The number of pyridine rings is 1. The zero-order chi connectivity index (χ0) is 15.8. The summed E-state index contributed by atoms with van der Waals surface area (Å²) in [6, 6.07) is 7.65. The highest BCUT2D eigenvalue weighted by atomic mass is 16.5. The van der Waals surface area contributed by atoms with Crippen molar-refractivity contribution in [3.05, 3.63) is 47.8 Å². The molecule has 5 nitrogen and oxygen atoms in total. The largest absolute Gasteiger partial charge is 0.493 e. The van der Waals surface area contributed by atoms with Gasteiger partial charge in [-0.2, -0.15) is 0 Å². The lowest BCUT2D eigenvalue weighted by atomic mass is 10.2. The van der Waals surface area contributed by atoms with E-state index in [9.17, 15) is 5.11 Å². The molecule has 0 fully saturated rings. The Morgan fingerprint density at radius 2 is 2.09 bits per heavy atom. The summed E-state index contributed by atoms with van der Waals surface area (Å²) in [5.41, 5.74) is 2.72. The lowest BCUT2D eigenvalue weighted by molar-refractivity contribution is 0.282. The number of benzene rings is 1. The van der Waals surface area contributed by atoms with Crippen LogP contribution in [0.25, 0.3) is 0 Å². The van der Waals surface area contributed by atoms with Gasteiger partial charge >= 0.3 is 0 Å². The molecule has 1 aromatic carbocycles. The Labute approximate surface area is 130 Å². The van der Waals surface area contributed by atoms with Crippen LogP contribution in [0, 0.1) is 0 Å². The molecule has 2 N–H and O–H groups in total. The van der Waals surface area contributed by atoms with Crippen molar-refractivity contribution in [2.24, 2.45) is 0 Å². The number of rotatable bonds is 8. The zero-order valence-corrected chi connectivity index (χ0v) is 13.0. The first-order chi connectivity index (χ1) is 10.8. The molecule has 0 radical (unpaired) electrons. The Kier molecular flexibility index (Phi) is 6.03. The molecule has 0 aliphatic heterocycles. The molecule has 2 rings (SSSR count). The van der Waals surface area contributed by atoms with E-state index in [1.807, 2.05) is 18.2 Å². The normalized spacial score (nSPS) is 10.3. The predicted molar refractivity (Wildman–Crippen MR) is 86.3 cm³/mol. The standard InChI is InChI=1S/C17H22N2O3/c1-3-8-22-17-9-13(4-5-16(17)21-2)10-19-15-11-18-7-6-14(15)12-20/h4-7,9,11,19-20H,3,8,10,12H2,1-2H3. The molecule has 22 heavy (non-hydrogen) atoms. The van der Waals surface area contributed by atoms with Crippen molar-refractivity contribution < 1.29 is 14.6 Å². The van der Waals surface area contributed by atoms with Crippen LogP contribution in [-0.2, 0) is 13.2 Å². The van der Waals surface area contributed by atoms with Crippen molar-refractivity contribution in [2.75, 3.05) is 19.0 Å². The molecular weight excluding hydrogens is 280 g/mol. The lowest BCUT2D eigenvalue weighted by Crippen LogP contribution is -2.04. The molecule has 0 atom stereocenters. The Hall–Kier alpha value is -2.27. The summed E-state index contributed by atoms with van der Waals surface area (Å²) in [5, 5.41) is 12.6. The number of methoxy groups -OCH3 is 1. The van der Waals surface area contributed by atoms with Gasteiger partial charge in [-0.1, -0.05) is 13.0 Å². The molecule has 0 aliphatic carbocycles. The van der Waals surface area contributed by atoms with E-state index in [4.69, 9.17) is 9.47 Å². The number of nitrogens with one attached hydrogen (secondary N) is 1. The van der Waals surface area contributed by atoms with Crippen LogP contribution >= 0.6 is 0 Å². The van der Waals surface area contributed by atoms with Gasteiger partial charge in [-0.25, -0.2) is 0 Å². The Bertz CT molecular complexity index is 602. The molecule has 0 bridgehead atoms. The zero-order valence-electron chi connectivity index (χ0n) is 13.0. The Morgan fingerprint density at radius 3 is 2.82 bits per heavy atom. The molecular formula is C17H22N2O3. The molecule has 0 saturated carbocycles. The summed E-state index contributed by atoms with van der Waals surface area (Å²) in [4.78, 5) is 4.07. The van der Waals surface area contributed by atoms with Gasteiger partial charge in [0.15, 0.2) is 11.5 Å². The highest BCUT2D eigenvalue weighted by molar-refractivity contribution is 5.50. The van der Waals surface area contributed by atoms with Crippen molar-refractivity contribution in [2.45, 2.75) is 26.5 Å². The number of hydrogen-bond acceptors (Lipinski definition) is 5. The number of aliphatic hydroxyl groups is 1. The van der Waals surface area contributed by atoms with E-state index in [0.29, 0.717) is 13.2 Å². The van der Waals surface area contributed by atoms with Crippen LogP contribution in [0.5, 0.6) is 11.5 Å². The topological polar surface area (TPSA) is 63.6 Å². The van der Waals surface area contributed by atoms with Crippen LogP contribution in [-0.4, -0.2) is 23.8 Å². The van der Waals surface area contributed by atoms with Gasteiger partial charge in [0.2, 0.25) is 0 Å². The molecule has 0 saturated heterocycles. The van der Waals surface area contributed by atoms with Crippen LogP contribution in [0.15, 0.2) is 36.7 Å². The van der Waals surface area contributed by atoms with Crippen LogP contribution in [0.1, 0.15) is 24.5 Å². The summed E-state index contributed by atoms with van der Waals surface area (Å²) in [7, 11) is 1.63.